The van der Waals surface area contributed by atoms with Gasteiger partial charge in [-0.15, -0.1) is 0 Å². The maximum absolute atomic E-state index is 5.28. The minimum atomic E-state index is 0.545. The summed E-state index contributed by atoms with van der Waals surface area (Å²) >= 11 is 0. The molecular formula is C12H19N7. The van der Waals surface area contributed by atoms with Gasteiger partial charge >= 0.3 is 0 Å². The second-order valence-electron chi connectivity index (χ2n) is 4.36. The molecule has 2 heterocycles. The number of nitrogen functional groups attached to an aromatic ring is 1. The summed E-state index contributed by atoms with van der Waals surface area (Å²) in [5.74, 6) is 6.53. The molecule has 0 aliphatic heterocycles. The first-order valence-electron chi connectivity index (χ1n) is 6.22. The van der Waals surface area contributed by atoms with Crippen molar-refractivity contribution in [2.24, 2.45) is 5.84 Å². The molecule has 19 heavy (non-hydrogen) atoms. The van der Waals surface area contributed by atoms with E-state index in [0.717, 1.165) is 25.2 Å². The summed E-state index contributed by atoms with van der Waals surface area (Å²) < 4.78 is 2.01. The molecule has 4 N–H and O–H groups in total. The molecule has 0 fully saturated rings. The fourth-order valence-corrected chi connectivity index (χ4v) is 1.87. The average molecular weight is 261 g/mol. The molecule has 0 aliphatic carbocycles. The van der Waals surface area contributed by atoms with Crippen LogP contribution >= 0.6 is 0 Å². The number of nitrogens with one attached hydrogen (secondary N) is 2. The fourth-order valence-electron chi connectivity index (χ4n) is 1.87. The highest BCUT2D eigenvalue weighted by Crippen LogP contribution is 2.06. The summed E-state index contributed by atoms with van der Waals surface area (Å²) in [6, 6.07) is 2.08. The van der Waals surface area contributed by atoms with E-state index < -0.39 is 0 Å². The maximum atomic E-state index is 5.28. The Balaban J connectivity index is 1.79. The van der Waals surface area contributed by atoms with Gasteiger partial charge in [0.15, 0.2) is 5.82 Å². The number of nitrogens with zero attached hydrogens (tertiary/aromatic N) is 4. The van der Waals surface area contributed by atoms with Gasteiger partial charge in [-0.3, -0.25) is 9.67 Å². The Labute approximate surface area is 112 Å². The van der Waals surface area contributed by atoms with Crippen LogP contribution in [0.25, 0.3) is 0 Å². The molecule has 0 radical (unpaired) electrons. The summed E-state index contributed by atoms with van der Waals surface area (Å²) in [7, 11) is 0. The number of anilines is 2. The number of hydrazine groups is 1. The monoisotopic (exact) mass is 261 g/mol. The zero-order valence-electron chi connectivity index (χ0n) is 11.2. The van der Waals surface area contributed by atoms with Crippen LogP contribution in [0.15, 0.2) is 18.5 Å². The van der Waals surface area contributed by atoms with Crippen molar-refractivity contribution in [1.82, 2.24) is 19.7 Å². The fraction of sp³-hybridized carbons (Fsp3) is 0.417. The van der Waals surface area contributed by atoms with Gasteiger partial charge in [0.2, 0.25) is 0 Å². The third kappa shape index (κ3) is 3.65. The highest BCUT2D eigenvalue weighted by atomic mass is 15.3. The van der Waals surface area contributed by atoms with Gasteiger partial charge in [-0.2, -0.15) is 5.10 Å². The van der Waals surface area contributed by atoms with E-state index >= 15 is 0 Å². The summed E-state index contributed by atoms with van der Waals surface area (Å²) in [6.45, 7) is 5.76. The van der Waals surface area contributed by atoms with Gasteiger partial charge < -0.3 is 10.7 Å². The zero-order chi connectivity index (χ0) is 13.7. The lowest BCUT2D eigenvalue weighted by Gasteiger charge is -2.07. The molecule has 2 aromatic rings. The molecule has 0 unspecified atom stereocenters. The minimum absolute atomic E-state index is 0.545. The Morgan fingerprint density at radius 1 is 1.26 bits per heavy atom. The number of hydrogen-bond acceptors (Lipinski definition) is 6. The Morgan fingerprint density at radius 2 is 2.05 bits per heavy atom. The summed E-state index contributed by atoms with van der Waals surface area (Å²) in [4.78, 5) is 8.25. The van der Waals surface area contributed by atoms with Crippen molar-refractivity contribution in [2.45, 2.75) is 26.8 Å². The van der Waals surface area contributed by atoms with Gasteiger partial charge in [-0.05, 0) is 26.3 Å². The number of hydrogen-bond donors (Lipinski definition) is 3. The first-order chi connectivity index (χ1) is 9.19. The highest BCUT2D eigenvalue weighted by Gasteiger charge is 2.01. The van der Waals surface area contributed by atoms with Gasteiger partial charge in [-0.25, -0.2) is 10.8 Å². The van der Waals surface area contributed by atoms with Gasteiger partial charge in [-0.1, -0.05) is 0 Å². The first-order valence-corrected chi connectivity index (χ1v) is 6.22. The molecular weight excluding hydrogens is 242 g/mol. The summed E-state index contributed by atoms with van der Waals surface area (Å²) in [5, 5.41) is 7.62. The van der Waals surface area contributed by atoms with Crippen molar-refractivity contribution in [3.8, 4) is 0 Å². The van der Waals surface area contributed by atoms with Crippen LogP contribution in [0.4, 0.5) is 11.6 Å². The molecule has 0 aliphatic rings. The predicted molar refractivity (Wildman–Crippen MR) is 74.6 cm³/mol. The van der Waals surface area contributed by atoms with Crippen LogP contribution in [0.2, 0.25) is 0 Å². The predicted octanol–water partition coefficient (Wildman–Crippen LogP) is 1.08. The van der Waals surface area contributed by atoms with E-state index in [2.05, 4.69) is 38.8 Å². The van der Waals surface area contributed by atoms with Crippen LogP contribution in [0.5, 0.6) is 0 Å². The van der Waals surface area contributed by atoms with Crippen LogP contribution in [0.3, 0.4) is 0 Å². The van der Waals surface area contributed by atoms with Gasteiger partial charge in [0, 0.05) is 18.8 Å². The van der Waals surface area contributed by atoms with E-state index in [1.54, 1.807) is 12.4 Å². The molecule has 7 nitrogen and oxygen atoms in total. The first kappa shape index (κ1) is 13.3. The van der Waals surface area contributed by atoms with Crippen LogP contribution in [-0.4, -0.2) is 26.3 Å². The molecule has 2 aromatic heterocycles. The Bertz CT molecular complexity index is 535. The van der Waals surface area contributed by atoms with E-state index in [9.17, 15) is 0 Å². The maximum Gasteiger partial charge on any atom is 0.160 e. The Morgan fingerprint density at radius 3 is 2.74 bits per heavy atom. The number of nitrogens with two attached hydrogens (primary N) is 1. The minimum Gasteiger partial charge on any atom is -0.369 e. The van der Waals surface area contributed by atoms with Crippen LogP contribution < -0.4 is 16.6 Å². The quantitative estimate of drug-likeness (QED) is 0.409. The largest absolute Gasteiger partial charge is 0.369 e. The lowest BCUT2D eigenvalue weighted by Crippen LogP contribution is -2.12. The van der Waals surface area contributed by atoms with Gasteiger partial charge in [0.25, 0.3) is 0 Å². The summed E-state index contributed by atoms with van der Waals surface area (Å²) in [5.41, 5.74) is 4.71. The standard InChI is InChI=1S/C12H19N7/c1-9-6-10(2)19(18-9)5-3-4-15-11-7-14-8-12(16-11)17-13/h6-8H,3-5,13H2,1-2H3,(H2,15,16,17). The number of rotatable bonds is 6. The third-order valence-corrected chi connectivity index (χ3v) is 2.74. The van der Waals surface area contributed by atoms with Gasteiger partial charge in [0.05, 0.1) is 18.1 Å². The zero-order valence-corrected chi connectivity index (χ0v) is 11.2. The Hall–Kier alpha value is -2.15. The SMILES string of the molecule is Cc1cc(C)n(CCCNc2cncc(NN)n2)n1. The Kier molecular flexibility index (Phi) is 4.30. The molecule has 0 spiro atoms. The van der Waals surface area contributed by atoms with Crippen molar-refractivity contribution in [3.63, 3.8) is 0 Å². The van der Waals surface area contributed by atoms with Crippen molar-refractivity contribution in [2.75, 3.05) is 17.3 Å². The van der Waals surface area contributed by atoms with Crippen LogP contribution in [0, 0.1) is 13.8 Å². The average Bonchev–Trinajstić information content (AvgIpc) is 2.73. The molecule has 0 saturated carbocycles. The second-order valence-corrected chi connectivity index (χ2v) is 4.36. The molecule has 7 heteroatoms. The topological polar surface area (TPSA) is 93.7 Å². The van der Waals surface area contributed by atoms with E-state index in [4.69, 9.17) is 5.84 Å². The van der Waals surface area contributed by atoms with Crippen LogP contribution in [-0.2, 0) is 6.54 Å². The number of aromatic nitrogens is 4. The molecule has 0 aromatic carbocycles. The van der Waals surface area contributed by atoms with E-state index in [1.165, 1.54) is 5.69 Å². The molecule has 0 amide bonds. The van der Waals surface area contributed by atoms with E-state index in [1.807, 2.05) is 11.6 Å². The van der Waals surface area contributed by atoms with E-state index in [-0.39, 0.29) is 0 Å². The van der Waals surface area contributed by atoms with E-state index in [0.29, 0.717) is 11.6 Å². The van der Waals surface area contributed by atoms with Crippen LogP contribution in [0.1, 0.15) is 17.8 Å². The second kappa shape index (κ2) is 6.14. The van der Waals surface area contributed by atoms with Gasteiger partial charge in [0.1, 0.15) is 5.82 Å². The molecule has 102 valence electrons. The molecule has 0 atom stereocenters. The molecule has 0 bridgehead atoms. The van der Waals surface area contributed by atoms with Crippen molar-refractivity contribution >= 4 is 11.6 Å². The van der Waals surface area contributed by atoms with Crippen molar-refractivity contribution in [1.29, 1.82) is 0 Å². The highest BCUT2D eigenvalue weighted by molar-refractivity contribution is 5.40. The summed E-state index contributed by atoms with van der Waals surface area (Å²) in [6.07, 6.45) is 4.20. The molecule has 2 rings (SSSR count). The van der Waals surface area contributed by atoms with Crippen molar-refractivity contribution in [3.05, 3.63) is 29.8 Å². The van der Waals surface area contributed by atoms with Crippen molar-refractivity contribution < 1.29 is 0 Å². The molecule has 0 saturated heterocycles. The number of aryl methyl sites for hydroxylation is 3. The normalized spacial score (nSPS) is 10.5. The lowest BCUT2D eigenvalue weighted by molar-refractivity contribution is 0.573. The lowest BCUT2D eigenvalue weighted by atomic mass is 10.4. The third-order valence-electron chi connectivity index (χ3n) is 2.74. The smallest absolute Gasteiger partial charge is 0.160 e.